The first-order valence-corrected chi connectivity index (χ1v) is 10.2. The van der Waals surface area contributed by atoms with Crippen LogP contribution in [0.3, 0.4) is 0 Å². The third kappa shape index (κ3) is 4.64. The lowest BCUT2D eigenvalue weighted by atomic mass is 10.1. The largest absolute Gasteiger partial charge is 0.497 e. The second kappa shape index (κ2) is 9.19. The van der Waals surface area contributed by atoms with Gasteiger partial charge in [-0.3, -0.25) is 9.48 Å². The van der Waals surface area contributed by atoms with Crippen LogP contribution in [-0.2, 0) is 6.54 Å². The summed E-state index contributed by atoms with van der Waals surface area (Å²) in [5.41, 5.74) is 6.25. The zero-order valence-electron chi connectivity index (χ0n) is 16.4. The number of hydrogen-bond acceptors (Lipinski definition) is 5. The van der Waals surface area contributed by atoms with Gasteiger partial charge in [0.05, 0.1) is 24.7 Å². The highest BCUT2D eigenvalue weighted by Gasteiger charge is 2.11. The van der Waals surface area contributed by atoms with Gasteiger partial charge in [0.25, 0.3) is 5.91 Å². The van der Waals surface area contributed by atoms with E-state index >= 15 is 0 Å². The summed E-state index contributed by atoms with van der Waals surface area (Å²) in [7, 11) is 1.64. The van der Waals surface area contributed by atoms with E-state index in [1.807, 2.05) is 64.8 Å². The van der Waals surface area contributed by atoms with E-state index in [0.29, 0.717) is 11.4 Å². The summed E-state index contributed by atoms with van der Waals surface area (Å²) in [6, 6.07) is 21.4. The molecule has 150 valence electrons. The minimum Gasteiger partial charge on any atom is -0.497 e. The Morgan fingerprint density at radius 3 is 2.63 bits per heavy atom. The van der Waals surface area contributed by atoms with E-state index in [9.17, 15) is 4.79 Å². The fourth-order valence-corrected chi connectivity index (χ4v) is 3.59. The molecule has 0 unspecified atom stereocenters. The minimum atomic E-state index is -0.232. The van der Waals surface area contributed by atoms with Crippen LogP contribution in [0.15, 0.2) is 83.4 Å². The van der Waals surface area contributed by atoms with Crippen molar-refractivity contribution >= 4 is 23.5 Å². The fourth-order valence-electron chi connectivity index (χ4n) is 2.98. The molecular weight excluding hydrogens is 396 g/mol. The van der Waals surface area contributed by atoms with Crippen LogP contribution < -0.4 is 10.2 Å². The number of carbonyl (C=O) groups is 1. The van der Waals surface area contributed by atoms with Crippen molar-refractivity contribution in [1.82, 2.24) is 15.2 Å². The molecular formula is C23H20N4O2S. The normalized spacial score (nSPS) is 11.0. The predicted molar refractivity (Wildman–Crippen MR) is 119 cm³/mol. The number of rotatable bonds is 7. The van der Waals surface area contributed by atoms with Crippen LogP contribution in [0.1, 0.15) is 20.8 Å². The van der Waals surface area contributed by atoms with E-state index in [-0.39, 0.29) is 5.91 Å². The van der Waals surface area contributed by atoms with E-state index in [1.54, 1.807) is 19.4 Å². The molecule has 2 heterocycles. The number of thiophene rings is 1. The van der Waals surface area contributed by atoms with Crippen LogP contribution in [-0.4, -0.2) is 29.0 Å². The summed E-state index contributed by atoms with van der Waals surface area (Å²) in [5, 5.41) is 10.7. The first-order chi connectivity index (χ1) is 14.7. The van der Waals surface area contributed by atoms with Gasteiger partial charge in [0, 0.05) is 17.3 Å². The average molecular weight is 417 g/mol. The molecule has 30 heavy (non-hydrogen) atoms. The molecule has 0 saturated heterocycles. The van der Waals surface area contributed by atoms with Crippen molar-refractivity contribution in [1.29, 1.82) is 0 Å². The van der Waals surface area contributed by atoms with Crippen LogP contribution in [0.4, 0.5) is 0 Å². The van der Waals surface area contributed by atoms with Gasteiger partial charge in [-0.25, -0.2) is 5.43 Å². The number of methoxy groups -OCH3 is 1. The highest BCUT2D eigenvalue weighted by atomic mass is 32.1. The molecule has 2 aromatic carbocycles. The molecule has 0 radical (unpaired) electrons. The van der Waals surface area contributed by atoms with Crippen molar-refractivity contribution in [2.24, 2.45) is 5.10 Å². The van der Waals surface area contributed by atoms with Crippen LogP contribution in [0.25, 0.3) is 11.3 Å². The van der Waals surface area contributed by atoms with Gasteiger partial charge in [0.1, 0.15) is 11.4 Å². The number of nitrogens with zero attached hydrogens (tertiary/aromatic N) is 3. The van der Waals surface area contributed by atoms with Crippen molar-refractivity contribution in [2.75, 3.05) is 7.11 Å². The monoisotopic (exact) mass is 416 g/mol. The number of ether oxygens (including phenoxy) is 1. The van der Waals surface area contributed by atoms with Crippen molar-refractivity contribution in [3.05, 3.63) is 94.3 Å². The van der Waals surface area contributed by atoms with Crippen LogP contribution in [0, 0.1) is 0 Å². The van der Waals surface area contributed by atoms with E-state index in [1.165, 1.54) is 11.3 Å². The second-order valence-corrected chi connectivity index (χ2v) is 7.47. The Hall–Kier alpha value is -3.71. The van der Waals surface area contributed by atoms with E-state index in [2.05, 4.69) is 22.7 Å². The fraction of sp³-hybridized carbons (Fsp3) is 0.0870. The lowest BCUT2D eigenvalue weighted by molar-refractivity contribution is 0.0959. The zero-order valence-corrected chi connectivity index (χ0v) is 17.2. The summed E-state index contributed by atoms with van der Waals surface area (Å²) in [6.07, 6.45) is 3.55. The summed E-state index contributed by atoms with van der Waals surface area (Å²) in [4.78, 5) is 12.7. The molecule has 0 saturated carbocycles. The molecule has 0 spiro atoms. The summed E-state index contributed by atoms with van der Waals surface area (Å²) < 4.78 is 7.12. The topological polar surface area (TPSA) is 68.5 Å². The third-order valence-electron chi connectivity index (χ3n) is 4.46. The van der Waals surface area contributed by atoms with Gasteiger partial charge >= 0.3 is 0 Å². The first kappa shape index (κ1) is 19.6. The molecule has 0 fully saturated rings. The van der Waals surface area contributed by atoms with Crippen molar-refractivity contribution < 1.29 is 9.53 Å². The number of amides is 1. The first-order valence-electron chi connectivity index (χ1n) is 9.35. The molecule has 1 amide bonds. The standard InChI is InChI=1S/C23H20N4O2S/c1-29-20-11-9-18(10-12-20)22-19(14-24-25-23(28)21-8-5-13-30-21)16-27(26-22)15-17-6-3-2-4-7-17/h2-14,16H,15H2,1H3,(H,25,28)/b24-14-. The molecule has 0 aliphatic rings. The Labute approximate surface area is 178 Å². The van der Waals surface area contributed by atoms with E-state index in [4.69, 9.17) is 9.84 Å². The smallest absolute Gasteiger partial charge is 0.281 e. The van der Waals surface area contributed by atoms with Gasteiger partial charge < -0.3 is 4.74 Å². The zero-order chi connectivity index (χ0) is 20.8. The molecule has 0 bridgehead atoms. The Kier molecular flexibility index (Phi) is 6.01. The van der Waals surface area contributed by atoms with E-state index in [0.717, 1.165) is 28.1 Å². The van der Waals surface area contributed by atoms with Crippen molar-refractivity contribution in [3.8, 4) is 17.0 Å². The summed E-state index contributed by atoms with van der Waals surface area (Å²) >= 11 is 1.37. The highest BCUT2D eigenvalue weighted by Crippen LogP contribution is 2.24. The number of hydrazone groups is 1. The Morgan fingerprint density at radius 2 is 1.93 bits per heavy atom. The lowest BCUT2D eigenvalue weighted by Gasteiger charge is -2.03. The van der Waals surface area contributed by atoms with Crippen molar-refractivity contribution in [3.63, 3.8) is 0 Å². The third-order valence-corrected chi connectivity index (χ3v) is 5.32. The van der Waals surface area contributed by atoms with Gasteiger partial charge in [-0.1, -0.05) is 36.4 Å². The SMILES string of the molecule is COc1ccc(-c2nn(Cc3ccccc3)cc2/C=N\NC(=O)c2cccs2)cc1. The molecule has 0 aliphatic heterocycles. The number of aromatic nitrogens is 2. The van der Waals surface area contributed by atoms with Gasteiger partial charge in [-0.15, -0.1) is 11.3 Å². The second-order valence-electron chi connectivity index (χ2n) is 6.52. The number of nitrogens with one attached hydrogen (secondary N) is 1. The Bertz CT molecular complexity index is 1130. The van der Waals surface area contributed by atoms with E-state index < -0.39 is 0 Å². The molecule has 2 aromatic heterocycles. The molecule has 0 aliphatic carbocycles. The number of hydrogen-bond donors (Lipinski definition) is 1. The molecule has 4 aromatic rings. The average Bonchev–Trinajstić information content (AvgIpc) is 3.45. The lowest BCUT2D eigenvalue weighted by Crippen LogP contribution is -2.16. The van der Waals surface area contributed by atoms with Gasteiger partial charge in [-0.05, 0) is 41.3 Å². The highest BCUT2D eigenvalue weighted by molar-refractivity contribution is 7.12. The molecule has 0 atom stereocenters. The van der Waals surface area contributed by atoms with Gasteiger partial charge in [-0.2, -0.15) is 10.2 Å². The summed E-state index contributed by atoms with van der Waals surface area (Å²) in [6.45, 7) is 0.638. The van der Waals surface area contributed by atoms with Crippen molar-refractivity contribution in [2.45, 2.75) is 6.54 Å². The predicted octanol–water partition coefficient (Wildman–Crippen LogP) is 4.43. The molecule has 7 heteroatoms. The maximum absolute atomic E-state index is 12.1. The quantitative estimate of drug-likeness (QED) is 0.358. The summed E-state index contributed by atoms with van der Waals surface area (Å²) in [5.74, 6) is 0.546. The molecule has 1 N–H and O–H groups in total. The maximum Gasteiger partial charge on any atom is 0.281 e. The maximum atomic E-state index is 12.1. The van der Waals surface area contributed by atoms with Gasteiger partial charge in [0.2, 0.25) is 0 Å². The molecule has 6 nitrogen and oxygen atoms in total. The molecule has 4 rings (SSSR count). The number of benzene rings is 2. The van der Waals surface area contributed by atoms with Gasteiger partial charge in [0.15, 0.2) is 0 Å². The van der Waals surface area contributed by atoms with Crippen LogP contribution >= 0.6 is 11.3 Å². The Morgan fingerprint density at radius 1 is 1.13 bits per heavy atom. The number of carbonyl (C=O) groups excluding carboxylic acids is 1. The Balaban J connectivity index is 1.60. The van der Waals surface area contributed by atoms with Crippen LogP contribution in [0.5, 0.6) is 5.75 Å². The minimum absolute atomic E-state index is 0.232. The van der Waals surface area contributed by atoms with Crippen LogP contribution in [0.2, 0.25) is 0 Å².